The van der Waals surface area contributed by atoms with E-state index in [0.29, 0.717) is 41.4 Å². The van der Waals surface area contributed by atoms with E-state index < -0.39 is 5.56 Å². The van der Waals surface area contributed by atoms with Crippen molar-refractivity contribution in [2.75, 3.05) is 0 Å². The molecule has 132 valence electrons. The fraction of sp³-hybridized carbons (Fsp3) is 0.353. The molecular weight excluding hydrogens is 344 g/mol. The molecule has 25 heavy (non-hydrogen) atoms. The van der Waals surface area contributed by atoms with Crippen LogP contribution in [0.5, 0.6) is 0 Å². The van der Waals surface area contributed by atoms with E-state index in [-0.39, 0.29) is 11.2 Å². The van der Waals surface area contributed by atoms with Gasteiger partial charge in [-0.25, -0.2) is 9.78 Å². The summed E-state index contributed by atoms with van der Waals surface area (Å²) in [6.45, 7) is 4.61. The highest BCUT2D eigenvalue weighted by atomic mass is 35.5. The van der Waals surface area contributed by atoms with Gasteiger partial charge in [0.15, 0.2) is 5.52 Å². The lowest BCUT2D eigenvalue weighted by Gasteiger charge is -2.10. The van der Waals surface area contributed by atoms with Gasteiger partial charge in [-0.1, -0.05) is 25.4 Å². The molecule has 0 aromatic carbocycles. The zero-order valence-electron chi connectivity index (χ0n) is 14.1. The highest BCUT2D eigenvalue weighted by molar-refractivity contribution is 6.29. The van der Waals surface area contributed by atoms with Crippen molar-refractivity contribution in [2.45, 2.75) is 39.8 Å². The van der Waals surface area contributed by atoms with Gasteiger partial charge in [-0.3, -0.25) is 13.9 Å². The fourth-order valence-corrected chi connectivity index (χ4v) is 3.06. The van der Waals surface area contributed by atoms with Gasteiger partial charge >= 0.3 is 5.69 Å². The second-order valence-corrected chi connectivity index (χ2v) is 6.22. The fourth-order valence-electron chi connectivity index (χ4n) is 2.95. The van der Waals surface area contributed by atoms with Crippen molar-refractivity contribution in [3.8, 4) is 11.3 Å². The van der Waals surface area contributed by atoms with Gasteiger partial charge < -0.3 is 5.21 Å². The summed E-state index contributed by atoms with van der Waals surface area (Å²) in [5.41, 5.74) is 0.635. The smallest absolute Gasteiger partial charge is 0.331 e. The van der Waals surface area contributed by atoms with E-state index in [4.69, 9.17) is 11.6 Å². The van der Waals surface area contributed by atoms with Crippen LogP contribution in [0, 0.1) is 0 Å². The summed E-state index contributed by atoms with van der Waals surface area (Å²) in [6, 6.07) is 4.93. The van der Waals surface area contributed by atoms with Crippen LogP contribution >= 0.6 is 11.6 Å². The van der Waals surface area contributed by atoms with Crippen LogP contribution in [-0.2, 0) is 13.1 Å². The molecule has 0 radical (unpaired) electrons. The lowest BCUT2D eigenvalue weighted by Crippen LogP contribution is -2.40. The van der Waals surface area contributed by atoms with Gasteiger partial charge in [0.1, 0.15) is 5.15 Å². The van der Waals surface area contributed by atoms with E-state index in [1.54, 1.807) is 18.2 Å². The van der Waals surface area contributed by atoms with Gasteiger partial charge in [0.05, 0.1) is 11.2 Å². The first-order valence-electron chi connectivity index (χ1n) is 8.19. The van der Waals surface area contributed by atoms with Crippen LogP contribution in [0.1, 0.15) is 26.7 Å². The van der Waals surface area contributed by atoms with Crippen molar-refractivity contribution < 1.29 is 5.21 Å². The molecule has 0 fully saturated rings. The SMILES string of the molecule is CCCn1c(=O)c2c(cc(-c3ccc(Cl)nc3)n2O)n(CCC)c1=O. The normalized spacial score (nSPS) is 11.3. The van der Waals surface area contributed by atoms with Crippen LogP contribution in [0.25, 0.3) is 22.3 Å². The Morgan fingerprint density at radius 1 is 1.12 bits per heavy atom. The summed E-state index contributed by atoms with van der Waals surface area (Å²) in [7, 11) is 0. The Bertz CT molecular complexity index is 1030. The molecule has 8 heteroatoms. The Morgan fingerprint density at radius 2 is 1.80 bits per heavy atom. The summed E-state index contributed by atoms with van der Waals surface area (Å²) in [5.74, 6) is 0. The predicted molar refractivity (Wildman–Crippen MR) is 96.5 cm³/mol. The zero-order valence-corrected chi connectivity index (χ0v) is 14.8. The Balaban J connectivity index is 2.38. The Labute approximate surface area is 148 Å². The first-order valence-corrected chi connectivity index (χ1v) is 8.57. The molecule has 3 aromatic heterocycles. The molecule has 0 spiro atoms. The number of aromatic nitrogens is 4. The third kappa shape index (κ3) is 2.84. The molecule has 0 saturated carbocycles. The van der Waals surface area contributed by atoms with Crippen LogP contribution in [0.2, 0.25) is 5.15 Å². The first-order chi connectivity index (χ1) is 12.0. The summed E-state index contributed by atoms with van der Waals surface area (Å²) >= 11 is 5.81. The first kappa shape index (κ1) is 17.3. The molecule has 3 rings (SSSR count). The molecule has 0 saturated heterocycles. The molecule has 0 aliphatic heterocycles. The summed E-state index contributed by atoms with van der Waals surface area (Å²) in [4.78, 5) is 29.4. The summed E-state index contributed by atoms with van der Waals surface area (Å²) in [6.07, 6.45) is 2.89. The average molecular weight is 363 g/mol. The lowest BCUT2D eigenvalue weighted by molar-refractivity contribution is 0.203. The maximum atomic E-state index is 12.7. The van der Waals surface area contributed by atoms with Gasteiger partial charge in [-0.05, 0) is 31.0 Å². The van der Waals surface area contributed by atoms with Crippen molar-refractivity contribution in [2.24, 2.45) is 0 Å². The minimum atomic E-state index is -0.495. The topological polar surface area (TPSA) is 82.0 Å². The number of nitrogens with zero attached hydrogens (tertiary/aromatic N) is 4. The maximum Gasteiger partial charge on any atom is 0.331 e. The quantitative estimate of drug-likeness (QED) is 0.559. The third-order valence-corrected chi connectivity index (χ3v) is 4.30. The molecule has 0 atom stereocenters. The van der Waals surface area contributed by atoms with Crippen LogP contribution in [-0.4, -0.2) is 24.1 Å². The van der Waals surface area contributed by atoms with Crippen LogP contribution in [0.15, 0.2) is 34.0 Å². The van der Waals surface area contributed by atoms with Crippen molar-refractivity contribution >= 4 is 22.6 Å². The molecule has 7 nitrogen and oxygen atoms in total. The van der Waals surface area contributed by atoms with Gasteiger partial charge in [0.25, 0.3) is 5.56 Å². The predicted octanol–water partition coefficient (Wildman–Crippen LogP) is 2.74. The molecule has 1 N–H and O–H groups in total. The molecule has 0 aliphatic carbocycles. The van der Waals surface area contributed by atoms with E-state index in [2.05, 4.69) is 4.98 Å². The Hall–Kier alpha value is -2.54. The molecule has 0 amide bonds. The second kappa shape index (κ2) is 6.76. The number of halogens is 1. The van der Waals surface area contributed by atoms with Crippen LogP contribution < -0.4 is 11.2 Å². The molecular formula is C17H19ClN4O3. The average Bonchev–Trinajstić information content (AvgIpc) is 2.94. The number of pyridine rings is 1. The number of fused-ring (bicyclic) bond motifs is 1. The monoisotopic (exact) mass is 362 g/mol. The molecule has 0 aliphatic rings. The van der Waals surface area contributed by atoms with Gasteiger partial charge in [0, 0.05) is 24.8 Å². The van der Waals surface area contributed by atoms with Gasteiger partial charge in [0.2, 0.25) is 0 Å². The van der Waals surface area contributed by atoms with Gasteiger partial charge in [-0.2, -0.15) is 4.73 Å². The van der Waals surface area contributed by atoms with E-state index in [0.717, 1.165) is 11.2 Å². The largest absolute Gasteiger partial charge is 0.428 e. The zero-order chi connectivity index (χ0) is 18.1. The highest BCUT2D eigenvalue weighted by Crippen LogP contribution is 2.25. The Kier molecular flexibility index (Phi) is 4.67. The Morgan fingerprint density at radius 3 is 2.40 bits per heavy atom. The van der Waals surface area contributed by atoms with Crippen molar-refractivity contribution in [1.82, 2.24) is 18.8 Å². The molecule has 0 unspecified atom stereocenters. The number of hydrogen-bond donors (Lipinski definition) is 1. The lowest BCUT2D eigenvalue weighted by atomic mass is 10.2. The van der Waals surface area contributed by atoms with Crippen LogP contribution in [0.3, 0.4) is 0 Å². The number of aryl methyl sites for hydroxylation is 1. The second-order valence-electron chi connectivity index (χ2n) is 5.84. The molecule has 3 aromatic rings. The number of hydrogen-bond acceptors (Lipinski definition) is 4. The van der Waals surface area contributed by atoms with Crippen molar-refractivity contribution in [1.29, 1.82) is 0 Å². The number of rotatable bonds is 5. The molecule has 0 bridgehead atoms. The summed E-state index contributed by atoms with van der Waals surface area (Å²) in [5, 5.41) is 10.9. The standard InChI is InChI=1S/C17H19ClN4O3/c1-3-7-20-13-9-12(11-5-6-14(18)19-10-11)22(25)15(13)16(23)21(8-4-2)17(20)24/h5-6,9-10,25H,3-4,7-8H2,1-2H3. The minimum Gasteiger partial charge on any atom is -0.428 e. The maximum absolute atomic E-state index is 12.7. The minimum absolute atomic E-state index is 0.0893. The van der Waals surface area contributed by atoms with Crippen molar-refractivity contribution in [3.63, 3.8) is 0 Å². The van der Waals surface area contributed by atoms with Crippen LogP contribution in [0.4, 0.5) is 0 Å². The van der Waals surface area contributed by atoms with E-state index in [1.165, 1.54) is 15.3 Å². The highest BCUT2D eigenvalue weighted by Gasteiger charge is 2.20. The van der Waals surface area contributed by atoms with Crippen molar-refractivity contribution in [3.05, 3.63) is 50.4 Å². The molecule has 3 heterocycles. The third-order valence-electron chi connectivity index (χ3n) is 4.07. The van der Waals surface area contributed by atoms with E-state index >= 15 is 0 Å². The summed E-state index contributed by atoms with van der Waals surface area (Å²) < 4.78 is 3.54. The van der Waals surface area contributed by atoms with E-state index in [1.807, 2.05) is 13.8 Å². The van der Waals surface area contributed by atoms with E-state index in [9.17, 15) is 14.8 Å². The van der Waals surface area contributed by atoms with Gasteiger partial charge in [-0.15, -0.1) is 0 Å².